The topological polar surface area (TPSA) is 81.9 Å². The summed E-state index contributed by atoms with van der Waals surface area (Å²) in [6.45, 7) is 3.66. The standard InChI is InChI=1S/C20H21N5O2/c1-14-22-23-24-25(14)12-15-6-8-17(9-7-15)20(26)21-11-16-10-18-4-2-3-5-19(18)27-13-16/h2-9,16H,10-13H2,1H3,(H,21,26). The highest BCUT2D eigenvalue weighted by molar-refractivity contribution is 5.94. The van der Waals surface area contributed by atoms with Crippen molar-refractivity contribution in [2.24, 2.45) is 5.92 Å². The Bertz CT molecular complexity index is 936. The van der Waals surface area contributed by atoms with Crippen molar-refractivity contribution >= 4 is 5.91 Å². The summed E-state index contributed by atoms with van der Waals surface area (Å²) < 4.78 is 7.50. The average molecular weight is 363 g/mol. The zero-order chi connectivity index (χ0) is 18.6. The predicted octanol–water partition coefficient (Wildman–Crippen LogP) is 2.01. The molecule has 0 saturated heterocycles. The van der Waals surface area contributed by atoms with E-state index in [1.807, 2.05) is 49.4 Å². The molecule has 138 valence electrons. The monoisotopic (exact) mass is 363 g/mol. The Morgan fingerprint density at radius 2 is 2.04 bits per heavy atom. The van der Waals surface area contributed by atoms with E-state index in [-0.39, 0.29) is 11.8 Å². The van der Waals surface area contributed by atoms with Crippen molar-refractivity contribution in [2.75, 3.05) is 13.2 Å². The van der Waals surface area contributed by atoms with Gasteiger partial charge < -0.3 is 10.1 Å². The second-order valence-electron chi connectivity index (χ2n) is 6.78. The molecule has 27 heavy (non-hydrogen) atoms. The van der Waals surface area contributed by atoms with E-state index in [1.54, 1.807) is 4.68 Å². The van der Waals surface area contributed by atoms with Gasteiger partial charge in [-0.3, -0.25) is 4.79 Å². The highest BCUT2D eigenvalue weighted by Crippen LogP contribution is 2.26. The van der Waals surface area contributed by atoms with E-state index in [9.17, 15) is 4.79 Å². The van der Waals surface area contributed by atoms with Gasteiger partial charge in [-0.05, 0) is 53.1 Å². The molecule has 0 fully saturated rings. The highest BCUT2D eigenvalue weighted by atomic mass is 16.5. The van der Waals surface area contributed by atoms with E-state index in [1.165, 1.54) is 5.56 Å². The first-order valence-corrected chi connectivity index (χ1v) is 8.99. The fourth-order valence-corrected chi connectivity index (χ4v) is 3.19. The molecule has 0 radical (unpaired) electrons. The zero-order valence-corrected chi connectivity index (χ0v) is 15.1. The average Bonchev–Trinajstić information content (AvgIpc) is 3.11. The quantitative estimate of drug-likeness (QED) is 0.750. The Morgan fingerprint density at radius 1 is 1.22 bits per heavy atom. The molecule has 1 unspecified atom stereocenters. The number of aromatic nitrogens is 4. The van der Waals surface area contributed by atoms with Gasteiger partial charge in [0.25, 0.3) is 5.91 Å². The largest absolute Gasteiger partial charge is 0.493 e. The maximum atomic E-state index is 12.4. The van der Waals surface area contributed by atoms with E-state index in [4.69, 9.17) is 4.74 Å². The van der Waals surface area contributed by atoms with Crippen molar-refractivity contribution < 1.29 is 9.53 Å². The first-order chi connectivity index (χ1) is 13.2. The summed E-state index contributed by atoms with van der Waals surface area (Å²) in [4.78, 5) is 12.4. The van der Waals surface area contributed by atoms with E-state index >= 15 is 0 Å². The summed E-state index contributed by atoms with van der Waals surface area (Å²) >= 11 is 0. The number of para-hydroxylation sites is 1. The van der Waals surface area contributed by atoms with E-state index in [2.05, 4.69) is 26.9 Å². The summed E-state index contributed by atoms with van der Waals surface area (Å²) in [5.41, 5.74) is 2.88. The molecule has 2 heterocycles. The Hall–Kier alpha value is -3.22. The number of rotatable bonds is 5. The van der Waals surface area contributed by atoms with Gasteiger partial charge in [0.05, 0.1) is 13.2 Å². The molecule has 1 atom stereocenters. The van der Waals surface area contributed by atoms with Crippen LogP contribution in [0.5, 0.6) is 5.75 Å². The van der Waals surface area contributed by atoms with Gasteiger partial charge in [0.1, 0.15) is 11.6 Å². The van der Waals surface area contributed by atoms with E-state index in [0.29, 0.717) is 25.3 Å². The molecule has 1 aromatic heterocycles. The van der Waals surface area contributed by atoms with Gasteiger partial charge in [-0.2, -0.15) is 0 Å². The van der Waals surface area contributed by atoms with Gasteiger partial charge in [0, 0.05) is 18.0 Å². The van der Waals surface area contributed by atoms with Crippen molar-refractivity contribution in [3.05, 3.63) is 71.0 Å². The molecule has 0 saturated carbocycles. The summed E-state index contributed by atoms with van der Waals surface area (Å²) in [5, 5.41) is 14.5. The smallest absolute Gasteiger partial charge is 0.251 e. The van der Waals surface area contributed by atoms with Crippen molar-refractivity contribution in [1.29, 1.82) is 0 Å². The SMILES string of the molecule is Cc1nnnn1Cc1ccc(C(=O)NCC2COc3ccccc3C2)cc1. The Morgan fingerprint density at radius 3 is 2.81 bits per heavy atom. The van der Waals surface area contributed by atoms with Gasteiger partial charge in [-0.15, -0.1) is 5.10 Å². The molecule has 4 rings (SSSR count). The molecule has 7 heteroatoms. The molecular formula is C20H21N5O2. The number of carbonyl (C=O) groups is 1. The molecule has 2 aromatic carbocycles. The molecule has 1 aliphatic rings. The third-order valence-electron chi connectivity index (χ3n) is 4.77. The van der Waals surface area contributed by atoms with Crippen LogP contribution in [0, 0.1) is 12.8 Å². The first kappa shape index (κ1) is 17.2. The lowest BCUT2D eigenvalue weighted by Gasteiger charge is -2.25. The van der Waals surface area contributed by atoms with Crippen LogP contribution in [0.15, 0.2) is 48.5 Å². The van der Waals surface area contributed by atoms with Crippen molar-refractivity contribution in [1.82, 2.24) is 25.5 Å². The third kappa shape index (κ3) is 3.97. The van der Waals surface area contributed by atoms with Crippen LogP contribution in [0.4, 0.5) is 0 Å². The van der Waals surface area contributed by atoms with Gasteiger partial charge in [-0.25, -0.2) is 4.68 Å². The first-order valence-electron chi connectivity index (χ1n) is 8.99. The molecule has 7 nitrogen and oxygen atoms in total. The van der Waals surface area contributed by atoms with Crippen LogP contribution < -0.4 is 10.1 Å². The normalized spacial score (nSPS) is 15.7. The van der Waals surface area contributed by atoms with Crippen LogP contribution in [0.1, 0.15) is 27.3 Å². The number of ether oxygens (including phenoxy) is 1. The van der Waals surface area contributed by atoms with Crippen LogP contribution in [0.3, 0.4) is 0 Å². The molecule has 1 N–H and O–H groups in total. The number of tetrazole rings is 1. The fraction of sp³-hybridized carbons (Fsp3) is 0.300. The minimum Gasteiger partial charge on any atom is -0.493 e. The van der Waals surface area contributed by atoms with Gasteiger partial charge in [0.2, 0.25) is 0 Å². The third-order valence-corrected chi connectivity index (χ3v) is 4.77. The molecule has 1 aliphatic heterocycles. The molecule has 0 aliphatic carbocycles. The number of nitrogens with zero attached hydrogens (tertiary/aromatic N) is 4. The van der Waals surface area contributed by atoms with Gasteiger partial charge >= 0.3 is 0 Å². The molecular weight excluding hydrogens is 342 g/mol. The summed E-state index contributed by atoms with van der Waals surface area (Å²) in [6, 6.07) is 15.6. The van der Waals surface area contributed by atoms with Crippen molar-refractivity contribution in [2.45, 2.75) is 19.9 Å². The lowest BCUT2D eigenvalue weighted by molar-refractivity contribution is 0.0939. The van der Waals surface area contributed by atoms with Crippen LogP contribution >= 0.6 is 0 Å². The van der Waals surface area contributed by atoms with Crippen molar-refractivity contribution in [3.8, 4) is 5.75 Å². The second-order valence-corrected chi connectivity index (χ2v) is 6.78. The number of carbonyl (C=O) groups excluding carboxylic acids is 1. The zero-order valence-electron chi connectivity index (χ0n) is 15.1. The Kier molecular flexibility index (Phi) is 4.82. The highest BCUT2D eigenvalue weighted by Gasteiger charge is 2.20. The van der Waals surface area contributed by atoms with Crippen LogP contribution in [0.2, 0.25) is 0 Å². The minimum absolute atomic E-state index is 0.0704. The lowest BCUT2D eigenvalue weighted by atomic mass is 9.96. The number of amides is 1. The van der Waals surface area contributed by atoms with Gasteiger partial charge in [-0.1, -0.05) is 30.3 Å². The van der Waals surface area contributed by atoms with E-state index < -0.39 is 0 Å². The maximum absolute atomic E-state index is 12.4. The minimum atomic E-state index is -0.0704. The summed E-state index contributed by atoms with van der Waals surface area (Å²) in [6.07, 6.45) is 0.917. The molecule has 0 spiro atoms. The van der Waals surface area contributed by atoms with Crippen molar-refractivity contribution in [3.63, 3.8) is 0 Å². The summed E-state index contributed by atoms with van der Waals surface area (Å²) in [7, 11) is 0. The van der Waals surface area contributed by atoms with Gasteiger partial charge in [0.15, 0.2) is 0 Å². The van der Waals surface area contributed by atoms with Crippen LogP contribution in [-0.2, 0) is 13.0 Å². The Balaban J connectivity index is 1.32. The maximum Gasteiger partial charge on any atom is 0.251 e. The summed E-state index contributed by atoms with van der Waals surface area (Å²) in [5.74, 6) is 1.92. The van der Waals surface area contributed by atoms with E-state index in [0.717, 1.165) is 23.6 Å². The fourth-order valence-electron chi connectivity index (χ4n) is 3.19. The number of nitrogens with one attached hydrogen (secondary N) is 1. The number of hydrogen-bond acceptors (Lipinski definition) is 5. The van der Waals surface area contributed by atoms with Crippen LogP contribution in [-0.4, -0.2) is 39.3 Å². The number of benzene rings is 2. The van der Waals surface area contributed by atoms with Crippen LogP contribution in [0.25, 0.3) is 0 Å². The molecule has 1 amide bonds. The predicted molar refractivity (Wildman–Crippen MR) is 99.6 cm³/mol. The second kappa shape index (κ2) is 7.57. The Labute approximate surface area is 157 Å². The lowest BCUT2D eigenvalue weighted by Crippen LogP contribution is -2.34. The number of hydrogen-bond donors (Lipinski definition) is 1. The molecule has 3 aromatic rings. The number of fused-ring (bicyclic) bond motifs is 1. The molecule has 0 bridgehead atoms. The number of aryl methyl sites for hydroxylation is 1.